The number of nitrogens with two attached hydrogens (primary N) is 1. The van der Waals surface area contributed by atoms with E-state index in [0.29, 0.717) is 0 Å². The molecule has 1 unspecified atom stereocenters. The monoisotopic (exact) mass is 261 g/mol. The number of hydrogen-bond donors (Lipinski definition) is 1. The molecule has 0 aromatic carbocycles. The first-order valence-electron chi connectivity index (χ1n) is 6.46. The van der Waals surface area contributed by atoms with Crippen molar-refractivity contribution in [2.45, 2.75) is 38.6 Å². The lowest BCUT2D eigenvalue weighted by Crippen LogP contribution is -2.52. The Morgan fingerprint density at radius 1 is 1.12 bits per heavy atom. The second kappa shape index (κ2) is 6.45. The van der Waals surface area contributed by atoms with Crippen LogP contribution in [0.1, 0.15) is 32.6 Å². The number of piperidine rings is 2. The maximum atomic E-state index is 12.2. The molecular formula is C12H24ClN3O. The van der Waals surface area contributed by atoms with Crippen molar-refractivity contribution in [1.82, 2.24) is 9.80 Å². The van der Waals surface area contributed by atoms with E-state index in [1.165, 1.54) is 0 Å². The third-order valence-electron chi connectivity index (χ3n) is 3.78. The Morgan fingerprint density at radius 2 is 1.76 bits per heavy atom. The van der Waals surface area contributed by atoms with Gasteiger partial charge < -0.3 is 15.5 Å². The minimum atomic E-state index is 0. The summed E-state index contributed by atoms with van der Waals surface area (Å²) in [6, 6.07) is 0.392. The number of nitrogens with zero attached hydrogens (tertiary/aromatic N) is 2. The van der Waals surface area contributed by atoms with E-state index in [9.17, 15) is 4.79 Å². The van der Waals surface area contributed by atoms with Crippen molar-refractivity contribution in [2.75, 3.05) is 26.2 Å². The van der Waals surface area contributed by atoms with Gasteiger partial charge in [-0.3, -0.25) is 0 Å². The van der Waals surface area contributed by atoms with Crippen molar-refractivity contribution in [3.05, 3.63) is 0 Å². The zero-order chi connectivity index (χ0) is 11.5. The largest absolute Gasteiger partial charge is 0.326 e. The normalized spacial score (nSPS) is 26.6. The van der Waals surface area contributed by atoms with Crippen LogP contribution in [0.25, 0.3) is 0 Å². The Balaban J connectivity index is 0.00000144. The number of hydrogen-bond acceptors (Lipinski definition) is 2. The summed E-state index contributed by atoms with van der Waals surface area (Å²) in [5.74, 6) is 0.771. The number of likely N-dealkylation sites (tertiary alicyclic amines) is 2. The van der Waals surface area contributed by atoms with Gasteiger partial charge in [0.15, 0.2) is 0 Å². The molecule has 2 aliphatic heterocycles. The van der Waals surface area contributed by atoms with Gasteiger partial charge in [-0.2, -0.15) is 0 Å². The average Bonchev–Trinajstić information content (AvgIpc) is 2.29. The fourth-order valence-electron chi connectivity index (χ4n) is 2.58. The SMILES string of the molecule is CC1CCN(C(=O)N2CCCC(N)C2)CC1.Cl. The summed E-state index contributed by atoms with van der Waals surface area (Å²) in [4.78, 5) is 16.1. The van der Waals surface area contributed by atoms with Crippen molar-refractivity contribution < 1.29 is 4.79 Å². The van der Waals surface area contributed by atoms with Gasteiger partial charge in [0.05, 0.1) is 0 Å². The van der Waals surface area contributed by atoms with E-state index >= 15 is 0 Å². The lowest BCUT2D eigenvalue weighted by atomic mass is 9.99. The van der Waals surface area contributed by atoms with Crippen LogP contribution < -0.4 is 5.73 Å². The predicted molar refractivity (Wildman–Crippen MR) is 71.4 cm³/mol. The number of carbonyl (C=O) groups excluding carboxylic acids is 1. The van der Waals surface area contributed by atoms with Gasteiger partial charge in [-0.15, -0.1) is 12.4 Å². The fourth-order valence-corrected chi connectivity index (χ4v) is 2.58. The molecule has 2 saturated heterocycles. The number of rotatable bonds is 0. The molecule has 0 spiro atoms. The minimum absolute atomic E-state index is 0. The molecule has 0 aliphatic carbocycles. The van der Waals surface area contributed by atoms with Crippen LogP contribution >= 0.6 is 12.4 Å². The fraction of sp³-hybridized carbons (Fsp3) is 0.917. The molecule has 2 aliphatic rings. The van der Waals surface area contributed by atoms with Crippen molar-refractivity contribution >= 4 is 18.4 Å². The van der Waals surface area contributed by atoms with Crippen LogP contribution in [0.3, 0.4) is 0 Å². The Labute approximate surface area is 110 Å². The van der Waals surface area contributed by atoms with Gasteiger partial charge in [0.1, 0.15) is 0 Å². The van der Waals surface area contributed by atoms with E-state index in [1.807, 2.05) is 9.80 Å². The molecule has 1 atom stereocenters. The van der Waals surface area contributed by atoms with E-state index in [2.05, 4.69) is 6.92 Å². The Kier molecular flexibility index (Phi) is 5.53. The minimum Gasteiger partial charge on any atom is -0.326 e. The maximum Gasteiger partial charge on any atom is 0.320 e. The first kappa shape index (κ1) is 14.6. The Hall–Kier alpha value is -0.480. The quantitative estimate of drug-likeness (QED) is 0.721. The molecule has 0 bridgehead atoms. The lowest BCUT2D eigenvalue weighted by Gasteiger charge is -2.37. The molecule has 0 aromatic rings. The highest BCUT2D eigenvalue weighted by atomic mass is 35.5. The highest BCUT2D eigenvalue weighted by molar-refractivity contribution is 5.85. The van der Waals surface area contributed by atoms with E-state index in [-0.39, 0.29) is 24.5 Å². The molecule has 17 heavy (non-hydrogen) atoms. The topological polar surface area (TPSA) is 49.6 Å². The predicted octanol–water partition coefficient (Wildman–Crippen LogP) is 1.68. The summed E-state index contributed by atoms with van der Waals surface area (Å²) in [5, 5.41) is 0. The van der Waals surface area contributed by atoms with Gasteiger partial charge >= 0.3 is 6.03 Å². The third kappa shape index (κ3) is 3.75. The zero-order valence-corrected chi connectivity index (χ0v) is 11.4. The van der Waals surface area contributed by atoms with E-state index in [4.69, 9.17) is 5.73 Å². The maximum absolute atomic E-state index is 12.2. The highest BCUT2D eigenvalue weighted by Crippen LogP contribution is 2.18. The molecule has 2 N–H and O–H groups in total. The van der Waals surface area contributed by atoms with Crippen molar-refractivity contribution in [3.63, 3.8) is 0 Å². The van der Waals surface area contributed by atoms with E-state index in [1.54, 1.807) is 0 Å². The molecule has 2 heterocycles. The van der Waals surface area contributed by atoms with Gasteiger partial charge in [-0.1, -0.05) is 6.92 Å². The van der Waals surface area contributed by atoms with Crippen LogP contribution in [0.4, 0.5) is 4.79 Å². The van der Waals surface area contributed by atoms with Gasteiger partial charge in [-0.25, -0.2) is 4.79 Å². The number of carbonyl (C=O) groups is 1. The smallest absolute Gasteiger partial charge is 0.320 e. The summed E-state index contributed by atoms with van der Waals surface area (Å²) in [6.07, 6.45) is 4.40. The third-order valence-corrected chi connectivity index (χ3v) is 3.78. The first-order chi connectivity index (χ1) is 7.66. The van der Waals surface area contributed by atoms with Gasteiger partial charge in [0, 0.05) is 32.2 Å². The van der Waals surface area contributed by atoms with Crippen LogP contribution in [0.5, 0.6) is 0 Å². The molecule has 2 amide bonds. The first-order valence-corrected chi connectivity index (χ1v) is 6.46. The van der Waals surface area contributed by atoms with Crippen LogP contribution in [-0.4, -0.2) is 48.1 Å². The Bertz CT molecular complexity index is 254. The molecule has 0 saturated carbocycles. The second-order valence-electron chi connectivity index (χ2n) is 5.30. The molecule has 0 radical (unpaired) electrons. The molecule has 5 heteroatoms. The number of urea groups is 1. The van der Waals surface area contributed by atoms with Crippen molar-refractivity contribution in [1.29, 1.82) is 0 Å². The van der Waals surface area contributed by atoms with Gasteiger partial charge in [0.2, 0.25) is 0 Å². The standard InChI is InChI=1S/C12H23N3O.ClH/c1-10-4-7-14(8-5-10)12(16)15-6-2-3-11(13)9-15;/h10-11H,2-9,13H2,1H3;1H. The highest BCUT2D eigenvalue weighted by Gasteiger charge is 2.27. The average molecular weight is 262 g/mol. The van der Waals surface area contributed by atoms with Crippen LogP contribution in [-0.2, 0) is 0 Å². The van der Waals surface area contributed by atoms with Crippen LogP contribution in [0.15, 0.2) is 0 Å². The van der Waals surface area contributed by atoms with Crippen molar-refractivity contribution in [2.24, 2.45) is 11.7 Å². The molecule has 4 nitrogen and oxygen atoms in total. The van der Waals surface area contributed by atoms with Crippen LogP contribution in [0.2, 0.25) is 0 Å². The van der Waals surface area contributed by atoms with Crippen LogP contribution in [0, 0.1) is 5.92 Å². The van der Waals surface area contributed by atoms with Crippen molar-refractivity contribution in [3.8, 4) is 0 Å². The van der Waals surface area contributed by atoms with Gasteiger partial charge in [-0.05, 0) is 31.6 Å². The zero-order valence-electron chi connectivity index (χ0n) is 10.6. The summed E-state index contributed by atoms with van der Waals surface area (Å²) in [5.41, 5.74) is 5.90. The Morgan fingerprint density at radius 3 is 2.35 bits per heavy atom. The number of halogens is 1. The second-order valence-corrected chi connectivity index (χ2v) is 5.30. The molecule has 2 rings (SSSR count). The van der Waals surface area contributed by atoms with E-state index < -0.39 is 0 Å². The van der Waals surface area contributed by atoms with E-state index in [0.717, 1.165) is 57.8 Å². The summed E-state index contributed by atoms with van der Waals surface area (Å²) in [6.45, 7) is 5.74. The summed E-state index contributed by atoms with van der Waals surface area (Å²) >= 11 is 0. The summed E-state index contributed by atoms with van der Waals surface area (Å²) in [7, 11) is 0. The molecule has 0 aromatic heterocycles. The summed E-state index contributed by atoms with van der Waals surface area (Å²) < 4.78 is 0. The molecular weight excluding hydrogens is 238 g/mol. The van der Waals surface area contributed by atoms with Gasteiger partial charge in [0.25, 0.3) is 0 Å². The lowest BCUT2D eigenvalue weighted by molar-refractivity contribution is 0.123. The molecule has 100 valence electrons. The number of amides is 2. The molecule has 2 fully saturated rings.